The number of hydrogen-bond donors (Lipinski definition) is 3. The predicted molar refractivity (Wildman–Crippen MR) is 90.2 cm³/mol. The van der Waals surface area contributed by atoms with Crippen LogP contribution >= 0.6 is 23.5 Å². The smallest absolute Gasteiger partial charge is 0.314 e. The molecule has 0 spiro atoms. The monoisotopic (exact) mass is 334 g/mol. The number of urea groups is 1. The summed E-state index contributed by atoms with van der Waals surface area (Å²) in [5.41, 5.74) is 0. The third-order valence-electron chi connectivity index (χ3n) is 3.19. The van der Waals surface area contributed by atoms with Gasteiger partial charge in [0.15, 0.2) is 0 Å². The first-order valence-corrected chi connectivity index (χ1v) is 9.60. The van der Waals surface area contributed by atoms with Gasteiger partial charge in [0, 0.05) is 42.0 Å². The zero-order valence-corrected chi connectivity index (χ0v) is 14.4. The van der Waals surface area contributed by atoms with Gasteiger partial charge in [-0.1, -0.05) is 13.8 Å². The molecule has 2 amide bonds. The lowest BCUT2D eigenvalue weighted by Crippen LogP contribution is -2.42. The Hall–Kier alpha value is -0.560. The van der Waals surface area contributed by atoms with Crippen LogP contribution in [0, 0.1) is 11.8 Å². The van der Waals surface area contributed by atoms with E-state index in [0.29, 0.717) is 24.3 Å². The first kappa shape index (κ1) is 18.5. The third-order valence-corrected chi connectivity index (χ3v) is 6.04. The number of rotatable bonds is 8. The SMILES string of the molecule is CC(C)C[C@H](CNC(=O)NCC1CSCCS1)CC(=O)O. The Balaban J connectivity index is 2.23. The Labute approximate surface area is 135 Å². The van der Waals surface area contributed by atoms with Gasteiger partial charge in [-0.25, -0.2) is 4.79 Å². The van der Waals surface area contributed by atoms with E-state index in [4.69, 9.17) is 5.11 Å². The van der Waals surface area contributed by atoms with Gasteiger partial charge in [-0.15, -0.1) is 0 Å². The van der Waals surface area contributed by atoms with Crippen LogP contribution in [0.3, 0.4) is 0 Å². The second-order valence-electron chi connectivity index (χ2n) is 5.75. The minimum Gasteiger partial charge on any atom is -0.481 e. The standard InChI is InChI=1S/C14H26N2O3S2/c1-10(2)5-11(6-13(17)18)7-15-14(19)16-8-12-9-20-3-4-21-12/h10-12H,3-9H2,1-2H3,(H,17,18)(H2,15,16,19)/t11-,12?/m0/s1. The molecule has 1 aliphatic heterocycles. The Bertz CT molecular complexity index is 334. The molecule has 0 aliphatic carbocycles. The zero-order chi connectivity index (χ0) is 15.7. The van der Waals surface area contributed by atoms with E-state index in [2.05, 4.69) is 24.5 Å². The molecular formula is C14H26N2O3S2. The van der Waals surface area contributed by atoms with E-state index in [1.165, 1.54) is 5.75 Å². The van der Waals surface area contributed by atoms with Crippen molar-refractivity contribution in [3.8, 4) is 0 Å². The highest BCUT2D eigenvalue weighted by molar-refractivity contribution is 8.06. The molecule has 0 saturated carbocycles. The molecule has 1 aliphatic rings. The van der Waals surface area contributed by atoms with E-state index in [-0.39, 0.29) is 18.4 Å². The molecule has 7 heteroatoms. The quantitative estimate of drug-likeness (QED) is 0.635. The van der Waals surface area contributed by atoms with Crippen LogP contribution in [0.5, 0.6) is 0 Å². The zero-order valence-electron chi connectivity index (χ0n) is 12.8. The van der Waals surface area contributed by atoms with Crippen molar-refractivity contribution < 1.29 is 14.7 Å². The van der Waals surface area contributed by atoms with Crippen LogP contribution < -0.4 is 10.6 Å². The Morgan fingerprint density at radius 2 is 2.05 bits per heavy atom. The number of carbonyl (C=O) groups excluding carboxylic acids is 1. The molecule has 0 aromatic carbocycles. The molecule has 0 bridgehead atoms. The Morgan fingerprint density at radius 3 is 2.62 bits per heavy atom. The lowest BCUT2D eigenvalue weighted by molar-refractivity contribution is -0.138. The average molecular weight is 335 g/mol. The number of carboxylic acid groups (broad SMARTS) is 1. The van der Waals surface area contributed by atoms with Gasteiger partial charge in [-0.3, -0.25) is 4.79 Å². The molecule has 3 N–H and O–H groups in total. The maximum atomic E-state index is 11.8. The van der Waals surface area contributed by atoms with Gasteiger partial charge >= 0.3 is 12.0 Å². The molecule has 1 fully saturated rings. The predicted octanol–water partition coefficient (Wildman–Crippen LogP) is 2.27. The molecule has 1 saturated heterocycles. The van der Waals surface area contributed by atoms with E-state index in [1.54, 1.807) is 0 Å². The van der Waals surface area contributed by atoms with E-state index >= 15 is 0 Å². The maximum absolute atomic E-state index is 11.8. The molecule has 1 heterocycles. The molecule has 1 rings (SSSR count). The van der Waals surface area contributed by atoms with Crippen LogP contribution in [-0.2, 0) is 4.79 Å². The van der Waals surface area contributed by atoms with Gasteiger partial charge in [0.2, 0.25) is 0 Å². The summed E-state index contributed by atoms with van der Waals surface area (Å²) >= 11 is 3.83. The topological polar surface area (TPSA) is 78.4 Å². The molecule has 2 atom stereocenters. The highest BCUT2D eigenvalue weighted by Crippen LogP contribution is 2.23. The number of amides is 2. The summed E-state index contributed by atoms with van der Waals surface area (Å²) in [5.74, 6) is 3.04. The van der Waals surface area contributed by atoms with Crippen LogP contribution in [0.4, 0.5) is 4.79 Å². The first-order valence-electron chi connectivity index (χ1n) is 7.40. The fourth-order valence-corrected chi connectivity index (χ4v) is 4.92. The van der Waals surface area contributed by atoms with E-state index in [1.807, 2.05) is 23.5 Å². The number of hydrogen-bond acceptors (Lipinski definition) is 4. The second-order valence-corrected chi connectivity index (χ2v) is 8.31. The van der Waals surface area contributed by atoms with Crippen molar-refractivity contribution in [3.05, 3.63) is 0 Å². The summed E-state index contributed by atoms with van der Waals surface area (Å²) in [5, 5.41) is 15.1. The second kappa shape index (κ2) is 10.2. The molecule has 5 nitrogen and oxygen atoms in total. The highest BCUT2D eigenvalue weighted by Gasteiger charge is 2.17. The summed E-state index contributed by atoms with van der Waals surface area (Å²) < 4.78 is 0. The van der Waals surface area contributed by atoms with Crippen molar-refractivity contribution in [2.45, 2.75) is 31.9 Å². The van der Waals surface area contributed by atoms with Gasteiger partial charge in [0.05, 0.1) is 0 Å². The molecule has 1 unspecified atom stereocenters. The summed E-state index contributed by atoms with van der Waals surface area (Å²) in [6.07, 6.45) is 0.912. The third kappa shape index (κ3) is 9.14. The van der Waals surface area contributed by atoms with Crippen LogP contribution in [0.15, 0.2) is 0 Å². The number of aliphatic carboxylic acids is 1. The average Bonchev–Trinajstić information content (AvgIpc) is 2.42. The minimum absolute atomic E-state index is 0.00661. The van der Waals surface area contributed by atoms with Gasteiger partial charge < -0.3 is 15.7 Å². The molecular weight excluding hydrogens is 308 g/mol. The molecule has 0 radical (unpaired) electrons. The number of carbonyl (C=O) groups is 2. The number of carboxylic acids is 1. The first-order chi connectivity index (χ1) is 9.97. The van der Waals surface area contributed by atoms with Crippen molar-refractivity contribution in [2.24, 2.45) is 11.8 Å². The summed E-state index contributed by atoms with van der Waals surface area (Å²) in [6, 6.07) is -0.190. The molecule has 122 valence electrons. The van der Waals surface area contributed by atoms with Crippen molar-refractivity contribution in [3.63, 3.8) is 0 Å². The van der Waals surface area contributed by atoms with Gasteiger partial charge in [0.1, 0.15) is 0 Å². The maximum Gasteiger partial charge on any atom is 0.314 e. The fourth-order valence-electron chi connectivity index (χ4n) is 2.31. The number of nitrogens with one attached hydrogen (secondary N) is 2. The van der Waals surface area contributed by atoms with E-state index < -0.39 is 5.97 Å². The molecule has 21 heavy (non-hydrogen) atoms. The van der Waals surface area contributed by atoms with Gasteiger partial charge in [-0.2, -0.15) is 23.5 Å². The highest BCUT2D eigenvalue weighted by atomic mass is 32.2. The summed E-state index contributed by atoms with van der Waals surface area (Å²) in [7, 11) is 0. The lowest BCUT2D eigenvalue weighted by Gasteiger charge is -2.22. The van der Waals surface area contributed by atoms with Crippen molar-refractivity contribution in [1.82, 2.24) is 10.6 Å². The molecule has 0 aromatic rings. The molecule has 0 aromatic heterocycles. The van der Waals surface area contributed by atoms with Crippen molar-refractivity contribution >= 4 is 35.5 Å². The normalized spacial score (nSPS) is 20.0. The number of thioether (sulfide) groups is 2. The van der Waals surface area contributed by atoms with Crippen molar-refractivity contribution in [1.29, 1.82) is 0 Å². The Morgan fingerprint density at radius 1 is 1.29 bits per heavy atom. The fraction of sp³-hybridized carbons (Fsp3) is 0.857. The lowest BCUT2D eigenvalue weighted by atomic mass is 9.94. The summed E-state index contributed by atoms with van der Waals surface area (Å²) in [6.45, 7) is 5.22. The van der Waals surface area contributed by atoms with Gasteiger partial charge in [0.25, 0.3) is 0 Å². The van der Waals surface area contributed by atoms with Crippen LogP contribution in [0.1, 0.15) is 26.7 Å². The van der Waals surface area contributed by atoms with E-state index in [9.17, 15) is 9.59 Å². The van der Waals surface area contributed by atoms with Gasteiger partial charge in [-0.05, 0) is 18.3 Å². The van der Waals surface area contributed by atoms with Crippen LogP contribution in [0.2, 0.25) is 0 Å². The minimum atomic E-state index is -0.807. The summed E-state index contributed by atoms with van der Waals surface area (Å²) in [4.78, 5) is 22.6. The van der Waals surface area contributed by atoms with E-state index in [0.717, 1.165) is 17.9 Å². The van der Waals surface area contributed by atoms with Crippen molar-refractivity contribution in [2.75, 3.05) is 30.3 Å². The van der Waals surface area contributed by atoms with Crippen LogP contribution in [0.25, 0.3) is 0 Å². The van der Waals surface area contributed by atoms with Crippen LogP contribution in [-0.4, -0.2) is 52.7 Å². The largest absolute Gasteiger partial charge is 0.481 e. The Kier molecular flexibility index (Phi) is 8.99.